The molecule has 0 bridgehead atoms. The van der Waals surface area contributed by atoms with Gasteiger partial charge in [-0.05, 0) is 60.9 Å². The molecule has 0 aliphatic heterocycles. The minimum Gasteiger partial charge on any atom is -0.494 e. The molecular formula is C23H25N3O2. The Labute approximate surface area is 165 Å². The molecule has 0 unspecified atom stereocenters. The number of aromatic nitrogens is 1. The summed E-state index contributed by atoms with van der Waals surface area (Å²) in [5.41, 5.74) is 4.03. The molecule has 0 saturated heterocycles. The molecule has 5 heteroatoms. The van der Waals surface area contributed by atoms with E-state index in [0.717, 1.165) is 28.4 Å². The Morgan fingerprint density at radius 3 is 2.36 bits per heavy atom. The summed E-state index contributed by atoms with van der Waals surface area (Å²) in [6.07, 6.45) is 1.65. The zero-order valence-corrected chi connectivity index (χ0v) is 16.4. The first-order valence-corrected chi connectivity index (χ1v) is 9.43. The van der Waals surface area contributed by atoms with Crippen LogP contribution in [0.3, 0.4) is 0 Å². The van der Waals surface area contributed by atoms with Gasteiger partial charge >= 0.3 is 0 Å². The van der Waals surface area contributed by atoms with Crippen LogP contribution in [0.2, 0.25) is 0 Å². The Hall–Kier alpha value is -3.34. The molecule has 0 aliphatic carbocycles. The molecule has 0 fully saturated rings. The van der Waals surface area contributed by atoms with Gasteiger partial charge in [-0.1, -0.05) is 32.0 Å². The van der Waals surface area contributed by atoms with Gasteiger partial charge in [0.05, 0.1) is 18.5 Å². The molecule has 0 atom stereocenters. The summed E-state index contributed by atoms with van der Waals surface area (Å²) in [6, 6.07) is 19.1. The Balaban J connectivity index is 1.66. The van der Waals surface area contributed by atoms with Gasteiger partial charge in [-0.15, -0.1) is 0 Å². The molecule has 0 saturated carbocycles. The van der Waals surface area contributed by atoms with E-state index < -0.39 is 0 Å². The minimum atomic E-state index is -0.222. The summed E-state index contributed by atoms with van der Waals surface area (Å²) in [5.74, 6) is 0.936. The Morgan fingerprint density at radius 2 is 1.71 bits per heavy atom. The molecule has 1 aromatic heterocycles. The molecule has 5 nitrogen and oxygen atoms in total. The van der Waals surface area contributed by atoms with Crippen molar-refractivity contribution < 1.29 is 9.53 Å². The topological polar surface area (TPSA) is 63.2 Å². The van der Waals surface area contributed by atoms with Crippen molar-refractivity contribution in [3.05, 3.63) is 78.1 Å². The number of amides is 1. The fourth-order valence-electron chi connectivity index (χ4n) is 2.87. The molecule has 2 aromatic carbocycles. The van der Waals surface area contributed by atoms with E-state index in [2.05, 4.69) is 29.5 Å². The van der Waals surface area contributed by atoms with Crippen LogP contribution >= 0.6 is 0 Å². The van der Waals surface area contributed by atoms with Gasteiger partial charge in [0.2, 0.25) is 0 Å². The van der Waals surface area contributed by atoms with E-state index in [4.69, 9.17) is 4.74 Å². The van der Waals surface area contributed by atoms with Gasteiger partial charge in [0.25, 0.3) is 5.91 Å². The first kappa shape index (κ1) is 19.4. The van der Waals surface area contributed by atoms with E-state index in [9.17, 15) is 4.79 Å². The minimum absolute atomic E-state index is 0.222. The van der Waals surface area contributed by atoms with Crippen molar-refractivity contribution in [3.8, 4) is 5.75 Å². The van der Waals surface area contributed by atoms with Crippen LogP contribution in [0.5, 0.6) is 5.75 Å². The number of carbonyl (C=O) groups is 1. The van der Waals surface area contributed by atoms with E-state index >= 15 is 0 Å². The SMILES string of the molecule is CCOc1ccc(Nc2ccc(C(=O)Nc3ccccc3C(C)C)nc2)cc1. The van der Waals surface area contributed by atoms with Crippen LogP contribution < -0.4 is 15.4 Å². The molecule has 1 amide bonds. The molecule has 1 heterocycles. The summed E-state index contributed by atoms with van der Waals surface area (Å²) >= 11 is 0. The van der Waals surface area contributed by atoms with E-state index in [0.29, 0.717) is 18.2 Å². The number of anilines is 3. The first-order chi connectivity index (χ1) is 13.6. The summed E-state index contributed by atoms with van der Waals surface area (Å²) in [6.45, 7) is 6.80. The maximum atomic E-state index is 12.5. The second-order valence-electron chi connectivity index (χ2n) is 6.71. The maximum Gasteiger partial charge on any atom is 0.274 e. The third kappa shape index (κ3) is 4.88. The first-order valence-electron chi connectivity index (χ1n) is 9.43. The van der Waals surface area contributed by atoms with Crippen LogP contribution in [0.1, 0.15) is 42.7 Å². The fourth-order valence-corrected chi connectivity index (χ4v) is 2.87. The second-order valence-corrected chi connectivity index (χ2v) is 6.71. The Morgan fingerprint density at radius 1 is 1.00 bits per heavy atom. The van der Waals surface area contributed by atoms with E-state index in [1.807, 2.05) is 61.5 Å². The highest BCUT2D eigenvalue weighted by molar-refractivity contribution is 6.03. The summed E-state index contributed by atoms with van der Waals surface area (Å²) in [7, 11) is 0. The van der Waals surface area contributed by atoms with E-state index in [-0.39, 0.29) is 5.91 Å². The molecule has 2 N–H and O–H groups in total. The predicted octanol–water partition coefficient (Wildman–Crippen LogP) is 5.60. The van der Waals surface area contributed by atoms with Crippen molar-refractivity contribution in [1.82, 2.24) is 4.98 Å². The molecule has 0 radical (unpaired) electrons. The zero-order valence-electron chi connectivity index (χ0n) is 16.4. The van der Waals surface area contributed by atoms with Crippen molar-refractivity contribution in [2.75, 3.05) is 17.2 Å². The number of pyridine rings is 1. The number of benzene rings is 2. The highest BCUT2D eigenvalue weighted by Crippen LogP contribution is 2.24. The lowest BCUT2D eigenvalue weighted by molar-refractivity contribution is 0.102. The van der Waals surface area contributed by atoms with Crippen molar-refractivity contribution >= 4 is 23.0 Å². The van der Waals surface area contributed by atoms with Crippen LogP contribution in [0.4, 0.5) is 17.1 Å². The number of rotatable bonds is 7. The molecule has 0 spiro atoms. The average Bonchev–Trinajstić information content (AvgIpc) is 2.70. The lowest BCUT2D eigenvalue weighted by atomic mass is 10.0. The Kier molecular flexibility index (Phi) is 6.27. The van der Waals surface area contributed by atoms with Crippen molar-refractivity contribution in [1.29, 1.82) is 0 Å². The molecule has 144 valence electrons. The van der Waals surface area contributed by atoms with E-state index in [1.165, 1.54) is 0 Å². The maximum absolute atomic E-state index is 12.5. The summed E-state index contributed by atoms with van der Waals surface area (Å²) < 4.78 is 5.44. The van der Waals surface area contributed by atoms with Crippen LogP contribution in [-0.4, -0.2) is 17.5 Å². The van der Waals surface area contributed by atoms with Crippen molar-refractivity contribution in [2.45, 2.75) is 26.7 Å². The number of nitrogens with zero attached hydrogens (tertiary/aromatic N) is 1. The predicted molar refractivity (Wildman–Crippen MR) is 114 cm³/mol. The molecule has 3 rings (SSSR count). The number of carbonyl (C=O) groups excluding carboxylic acids is 1. The van der Waals surface area contributed by atoms with Crippen LogP contribution in [0.15, 0.2) is 66.9 Å². The number of hydrogen-bond donors (Lipinski definition) is 2. The monoisotopic (exact) mass is 375 g/mol. The van der Waals surface area contributed by atoms with Gasteiger partial charge in [0, 0.05) is 11.4 Å². The molecular weight excluding hydrogens is 350 g/mol. The fraction of sp³-hybridized carbons (Fsp3) is 0.217. The lowest BCUT2D eigenvalue weighted by Crippen LogP contribution is -2.15. The zero-order chi connectivity index (χ0) is 19.9. The van der Waals surface area contributed by atoms with Crippen LogP contribution in [-0.2, 0) is 0 Å². The number of hydrogen-bond acceptors (Lipinski definition) is 4. The molecule has 3 aromatic rings. The number of nitrogens with one attached hydrogen (secondary N) is 2. The van der Waals surface area contributed by atoms with Crippen LogP contribution in [0, 0.1) is 0 Å². The summed E-state index contributed by atoms with van der Waals surface area (Å²) in [4.78, 5) is 16.8. The number of ether oxygens (including phenoxy) is 1. The normalized spacial score (nSPS) is 10.6. The highest BCUT2D eigenvalue weighted by Gasteiger charge is 2.12. The van der Waals surface area contributed by atoms with Gasteiger partial charge in [-0.25, -0.2) is 4.98 Å². The van der Waals surface area contributed by atoms with Gasteiger partial charge < -0.3 is 15.4 Å². The third-order valence-electron chi connectivity index (χ3n) is 4.28. The average molecular weight is 375 g/mol. The van der Waals surface area contributed by atoms with Crippen molar-refractivity contribution in [2.24, 2.45) is 0 Å². The quantitative estimate of drug-likeness (QED) is 0.564. The molecule has 0 aliphatic rings. The second kappa shape index (κ2) is 9.04. The number of para-hydroxylation sites is 1. The standard InChI is InChI=1S/C23H25N3O2/c1-4-28-19-12-9-17(10-13-19)25-18-11-14-22(24-15-18)23(27)26-21-8-6-5-7-20(21)16(2)3/h5-16,25H,4H2,1-3H3,(H,26,27). The van der Waals surface area contributed by atoms with Gasteiger partial charge in [0.15, 0.2) is 0 Å². The lowest BCUT2D eigenvalue weighted by Gasteiger charge is -2.13. The van der Waals surface area contributed by atoms with Gasteiger partial charge in [-0.2, -0.15) is 0 Å². The molecule has 28 heavy (non-hydrogen) atoms. The smallest absolute Gasteiger partial charge is 0.274 e. The summed E-state index contributed by atoms with van der Waals surface area (Å²) in [5, 5.41) is 6.22. The Bertz CT molecular complexity index is 919. The van der Waals surface area contributed by atoms with Crippen LogP contribution in [0.25, 0.3) is 0 Å². The van der Waals surface area contributed by atoms with Gasteiger partial charge in [0.1, 0.15) is 11.4 Å². The van der Waals surface area contributed by atoms with Crippen molar-refractivity contribution in [3.63, 3.8) is 0 Å². The van der Waals surface area contributed by atoms with E-state index in [1.54, 1.807) is 12.3 Å². The highest BCUT2D eigenvalue weighted by atomic mass is 16.5. The largest absolute Gasteiger partial charge is 0.494 e. The van der Waals surface area contributed by atoms with Gasteiger partial charge in [-0.3, -0.25) is 4.79 Å². The third-order valence-corrected chi connectivity index (χ3v) is 4.28.